The number of aliphatic hydroxyl groups is 1. The number of carbonyl (C=O) groups excluding carboxylic acids is 1. The van der Waals surface area contributed by atoms with Crippen LogP contribution in [-0.2, 0) is 4.79 Å². The lowest BCUT2D eigenvalue weighted by Crippen LogP contribution is -2.24. The fourth-order valence-corrected chi connectivity index (χ4v) is 2.59. The zero-order valence-electron chi connectivity index (χ0n) is 13.5. The highest BCUT2D eigenvalue weighted by molar-refractivity contribution is 5.97. The maximum atomic E-state index is 11.8. The Labute approximate surface area is 123 Å². The van der Waals surface area contributed by atoms with E-state index in [1.54, 1.807) is 0 Å². The molecule has 0 aliphatic heterocycles. The van der Waals surface area contributed by atoms with Crippen LogP contribution < -0.4 is 0 Å². The summed E-state index contributed by atoms with van der Waals surface area (Å²) in [6.07, 6.45) is 9.33. The molecule has 1 atom stereocenters. The number of hydrogen-bond donors (Lipinski definition) is 1. The zero-order valence-corrected chi connectivity index (χ0v) is 13.5. The summed E-state index contributed by atoms with van der Waals surface area (Å²) in [6, 6.07) is 0. The molecule has 0 saturated carbocycles. The van der Waals surface area contributed by atoms with Crippen molar-refractivity contribution < 1.29 is 9.90 Å². The fourth-order valence-electron chi connectivity index (χ4n) is 2.59. The number of aliphatic hydroxyl groups excluding tert-OH is 1. The Balaban J connectivity index is 2.81. The second-order valence-corrected chi connectivity index (χ2v) is 6.55. The molecule has 0 aromatic heterocycles. The Hall–Kier alpha value is -1.15. The van der Waals surface area contributed by atoms with E-state index in [0.717, 1.165) is 30.4 Å². The topological polar surface area (TPSA) is 37.3 Å². The standard InChI is InChI=1S/C18H28O2/c1-13(7-6-8-14(2)19)9-10-16-15(3)17(20)11-12-18(16,4)5/h7,9-10,14,19H,6,8,11-12H2,1-5H3/b10-9+,13-7+/t14-/m0/s1. The fraction of sp³-hybridized carbons (Fsp3) is 0.611. The molecule has 1 aliphatic rings. The maximum absolute atomic E-state index is 11.8. The second kappa shape index (κ2) is 7.03. The van der Waals surface area contributed by atoms with Crippen LogP contribution in [0.15, 0.2) is 34.9 Å². The zero-order chi connectivity index (χ0) is 15.3. The molecule has 0 aromatic carbocycles. The van der Waals surface area contributed by atoms with Crippen molar-refractivity contribution in [3.63, 3.8) is 0 Å². The lowest BCUT2D eigenvalue weighted by atomic mass is 9.72. The number of Topliss-reactive ketones (excluding diaryl/α,β-unsaturated/α-hetero) is 1. The molecule has 1 rings (SSSR count). The van der Waals surface area contributed by atoms with E-state index in [-0.39, 0.29) is 17.3 Å². The Morgan fingerprint density at radius 2 is 2.10 bits per heavy atom. The van der Waals surface area contributed by atoms with Crippen molar-refractivity contribution in [1.82, 2.24) is 0 Å². The largest absolute Gasteiger partial charge is 0.393 e. The normalized spacial score (nSPS) is 21.7. The SMILES string of the molecule is CC1=C(/C=C/C(C)=C/CC[C@H](C)O)C(C)(C)CCC1=O. The van der Waals surface area contributed by atoms with Crippen LogP contribution in [0, 0.1) is 5.41 Å². The molecule has 0 bridgehead atoms. The molecule has 0 unspecified atom stereocenters. The Kier molecular flexibility index (Phi) is 5.94. The van der Waals surface area contributed by atoms with Crippen LogP contribution in [0.25, 0.3) is 0 Å². The monoisotopic (exact) mass is 276 g/mol. The van der Waals surface area contributed by atoms with E-state index in [0.29, 0.717) is 6.42 Å². The van der Waals surface area contributed by atoms with Gasteiger partial charge in [-0.05, 0) is 56.6 Å². The molecule has 2 nitrogen and oxygen atoms in total. The quantitative estimate of drug-likeness (QED) is 0.758. The molecule has 0 amide bonds. The lowest BCUT2D eigenvalue weighted by Gasteiger charge is -2.32. The maximum Gasteiger partial charge on any atom is 0.158 e. The van der Waals surface area contributed by atoms with Gasteiger partial charge in [-0.1, -0.05) is 37.6 Å². The summed E-state index contributed by atoms with van der Waals surface area (Å²) in [5, 5.41) is 9.24. The summed E-state index contributed by atoms with van der Waals surface area (Å²) in [7, 11) is 0. The number of allylic oxidation sites excluding steroid dienone is 6. The van der Waals surface area contributed by atoms with Crippen LogP contribution in [0.2, 0.25) is 0 Å². The van der Waals surface area contributed by atoms with Crippen molar-refractivity contribution in [2.24, 2.45) is 5.41 Å². The number of ketones is 1. The molecule has 0 heterocycles. The minimum absolute atomic E-state index is 0.0778. The molecule has 0 radical (unpaired) electrons. The van der Waals surface area contributed by atoms with E-state index >= 15 is 0 Å². The third kappa shape index (κ3) is 4.75. The van der Waals surface area contributed by atoms with Crippen molar-refractivity contribution in [2.75, 3.05) is 0 Å². The van der Waals surface area contributed by atoms with Gasteiger partial charge in [0.05, 0.1) is 6.10 Å². The summed E-state index contributed by atoms with van der Waals surface area (Å²) >= 11 is 0. The van der Waals surface area contributed by atoms with Crippen LogP contribution in [0.3, 0.4) is 0 Å². The van der Waals surface area contributed by atoms with Gasteiger partial charge in [-0.3, -0.25) is 4.79 Å². The third-order valence-electron chi connectivity index (χ3n) is 4.09. The summed E-state index contributed by atoms with van der Waals surface area (Å²) in [4.78, 5) is 11.8. The van der Waals surface area contributed by atoms with Gasteiger partial charge in [-0.25, -0.2) is 0 Å². The lowest BCUT2D eigenvalue weighted by molar-refractivity contribution is -0.116. The first kappa shape index (κ1) is 16.9. The highest BCUT2D eigenvalue weighted by Crippen LogP contribution is 2.39. The van der Waals surface area contributed by atoms with Gasteiger partial charge < -0.3 is 5.11 Å². The van der Waals surface area contributed by atoms with Crippen LogP contribution >= 0.6 is 0 Å². The first-order chi connectivity index (χ1) is 9.24. The Morgan fingerprint density at radius 1 is 1.45 bits per heavy atom. The first-order valence-corrected chi connectivity index (χ1v) is 7.51. The second-order valence-electron chi connectivity index (χ2n) is 6.55. The summed E-state index contributed by atoms with van der Waals surface area (Å²) in [5.74, 6) is 0.278. The van der Waals surface area contributed by atoms with Gasteiger partial charge in [-0.2, -0.15) is 0 Å². The molecule has 0 saturated heterocycles. The number of rotatable bonds is 5. The highest BCUT2D eigenvalue weighted by Gasteiger charge is 2.30. The van der Waals surface area contributed by atoms with E-state index in [4.69, 9.17) is 0 Å². The predicted octanol–water partition coefficient (Wildman–Crippen LogP) is 4.36. The minimum Gasteiger partial charge on any atom is -0.393 e. The van der Waals surface area contributed by atoms with Gasteiger partial charge in [0.2, 0.25) is 0 Å². The van der Waals surface area contributed by atoms with Gasteiger partial charge in [0.25, 0.3) is 0 Å². The minimum atomic E-state index is -0.247. The van der Waals surface area contributed by atoms with Gasteiger partial charge in [0, 0.05) is 6.42 Å². The van der Waals surface area contributed by atoms with Crippen molar-refractivity contribution in [2.45, 2.75) is 66.4 Å². The Morgan fingerprint density at radius 3 is 2.70 bits per heavy atom. The van der Waals surface area contributed by atoms with E-state index in [1.807, 2.05) is 13.8 Å². The average Bonchev–Trinajstić information content (AvgIpc) is 2.33. The van der Waals surface area contributed by atoms with Crippen LogP contribution in [-0.4, -0.2) is 17.0 Å². The molecule has 0 spiro atoms. The first-order valence-electron chi connectivity index (χ1n) is 7.51. The van der Waals surface area contributed by atoms with Crippen molar-refractivity contribution in [3.05, 3.63) is 34.9 Å². The predicted molar refractivity (Wildman–Crippen MR) is 84.5 cm³/mol. The molecule has 1 N–H and O–H groups in total. The van der Waals surface area contributed by atoms with E-state index in [1.165, 1.54) is 5.57 Å². The molecule has 112 valence electrons. The Bertz CT molecular complexity index is 448. The van der Waals surface area contributed by atoms with E-state index in [9.17, 15) is 9.90 Å². The molecular formula is C18H28O2. The van der Waals surface area contributed by atoms with Gasteiger partial charge in [-0.15, -0.1) is 0 Å². The van der Waals surface area contributed by atoms with E-state index in [2.05, 4.69) is 39.0 Å². The molecule has 1 aliphatic carbocycles. The highest BCUT2D eigenvalue weighted by atomic mass is 16.3. The summed E-state index contributed by atoms with van der Waals surface area (Å²) < 4.78 is 0. The number of hydrogen-bond acceptors (Lipinski definition) is 2. The van der Waals surface area contributed by atoms with Crippen molar-refractivity contribution >= 4 is 5.78 Å². The average molecular weight is 276 g/mol. The molecule has 2 heteroatoms. The number of carbonyl (C=O) groups is 1. The van der Waals surface area contributed by atoms with Crippen LogP contribution in [0.4, 0.5) is 0 Å². The molecular weight excluding hydrogens is 248 g/mol. The molecule has 0 fully saturated rings. The third-order valence-corrected chi connectivity index (χ3v) is 4.09. The van der Waals surface area contributed by atoms with Gasteiger partial charge in [0.1, 0.15) is 0 Å². The summed E-state index contributed by atoms with van der Waals surface area (Å²) in [6.45, 7) is 10.2. The molecule has 20 heavy (non-hydrogen) atoms. The van der Waals surface area contributed by atoms with Crippen LogP contribution in [0.1, 0.15) is 60.3 Å². The van der Waals surface area contributed by atoms with Gasteiger partial charge >= 0.3 is 0 Å². The smallest absolute Gasteiger partial charge is 0.158 e. The van der Waals surface area contributed by atoms with E-state index < -0.39 is 0 Å². The van der Waals surface area contributed by atoms with Crippen LogP contribution in [0.5, 0.6) is 0 Å². The van der Waals surface area contributed by atoms with Gasteiger partial charge in [0.15, 0.2) is 5.78 Å². The van der Waals surface area contributed by atoms with Crippen molar-refractivity contribution in [3.8, 4) is 0 Å². The molecule has 0 aromatic rings. The van der Waals surface area contributed by atoms with Crippen molar-refractivity contribution in [1.29, 1.82) is 0 Å². The summed E-state index contributed by atoms with van der Waals surface area (Å²) in [5.41, 5.74) is 3.33.